The maximum atomic E-state index is 11.8. The van der Waals surface area contributed by atoms with Gasteiger partial charge in [-0.25, -0.2) is 4.79 Å². The molecule has 6 heteroatoms. The Balaban J connectivity index is 2.19. The van der Waals surface area contributed by atoms with Crippen molar-refractivity contribution < 1.29 is 14.4 Å². The van der Waals surface area contributed by atoms with Crippen molar-refractivity contribution in [3.8, 4) is 0 Å². The third kappa shape index (κ3) is 1.45. The van der Waals surface area contributed by atoms with Crippen LogP contribution in [0.2, 0.25) is 0 Å². The summed E-state index contributed by atoms with van der Waals surface area (Å²) in [5.41, 5.74) is 0. The van der Waals surface area contributed by atoms with E-state index in [4.69, 9.17) is 0 Å². The molecule has 2 aliphatic heterocycles. The predicted molar refractivity (Wildman–Crippen MR) is 50.9 cm³/mol. The lowest BCUT2D eigenvalue weighted by Crippen LogP contribution is -2.54. The summed E-state index contributed by atoms with van der Waals surface area (Å²) in [7, 11) is 0. The highest BCUT2D eigenvalue weighted by Gasteiger charge is 2.47. The fourth-order valence-corrected chi connectivity index (χ4v) is 1.92. The van der Waals surface area contributed by atoms with Crippen LogP contribution >= 0.6 is 0 Å². The minimum atomic E-state index is -0.484. The first-order valence-corrected chi connectivity index (χ1v) is 5.03. The van der Waals surface area contributed by atoms with Gasteiger partial charge in [-0.2, -0.15) is 0 Å². The molecule has 2 fully saturated rings. The molecular weight excluding hydrogens is 198 g/mol. The van der Waals surface area contributed by atoms with Crippen molar-refractivity contribution in [1.29, 1.82) is 0 Å². The van der Waals surface area contributed by atoms with Crippen LogP contribution in [0.5, 0.6) is 0 Å². The second-order valence-electron chi connectivity index (χ2n) is 3.72. The molecule has 1 unspecified atom stereocenters. The number of rotatable bonds is 2. The quantitative estimate of drug-likeness (QED) is 0.605. The number of urea groups is 1. The van der Waals surface area contributed by atoms with Gasteiger partial charge in [-0.05, 0) is 6.42 Å². The van der Waals surface area contributed by atoms with E-state index in [1.54, 1.807) is 0 Å². The Bertz CT molecular complexity index is 329. The van der Waals surface area contributed by atoms with Crippen molar-refractivity contribution in [3.63, 3.8) is 0 Å². The van der Waals surface area contributed by atoms with Crippen molar-refractivity contribution in [2.45, 2.75) is 19.4 Å². The molecule has 0 bridgehead atoms. The molecule has 1 N–H and O–H groups in total. The molecule has 1 atom stereocenters. The summed E-state index contributed by atoms with van der Waals surface area (Å²) in [5.74, 6) is -0.396. The summed E-state index contributed by atoms with van der Waals surface area (Å²) in [6, 6.07) is -0.816. The van der Waals surface area contributed by atoms with Crippen molar-refractivity contribution in [1.82, 2.24) is 15.1 Å². The molecule has 0 aromatic rings. The molecule has 15 heavy (non-hydrogen) atoms. The van der Waals surface area contributed by atoms with E-state index in [-0.39, 0.29) is 30.9 Å². The summed E-state index contributed by atoms with van der Waals surface area (Å²) in [6.07, 6.45) is 0.736. The fourth-order valence-electron chi connectivity index (χ4n) is 1.92. The van der Waals surface area contributed by atoms with Crippen LogP contribution in [0.4, 0.5) is 4.79 Å². The van der Waals surface area contributed by atoms with Crippen LogP contribution in [-0.4, -0.2) is 53.3 Å². The topological polar surface area (TPSA) is 69.7 Å². The van der Waals surface area contributed by atoms with Gasteiger partial charge in [0.05, 0.1) is 0 Å². The highest BCUT2D eigenvalue weighted by molar-refractivity contribution is 6.06. The molecule has 82 valence electrons. The van der Waals surface area contributed by atoms with Gasteiger partial charge in [0.2, 0.25) is 5.91 Å². The van der Waals surface area contributed by atoms with E-state index in [2.05, 4.69) is 5.32 Å². The van der Waals surface area contributed by atoms with Crippen LogP contribution in [0.25, 0.3) is 0 Å². The molecule has 6 nitrogen and oxygen atoms in total. The van der Waals surface area contributed by atoms with Gasteiger partial charge >= 0.3 is 6.03 Å². The number of imide groups is 1. The van der Waals surface area contributed by atoms with Crippen LogP contribution in [0.3, 0.4) is 0 Å². The first kappa shape index (κ1) is 9.95. The zero-order valence-corrected chi connectivity index (χ0v) is 8.52. The van der Waals surface area contributed by atoms with Crippen molar-refractivity contribution >= 4 is 17.8 Å². The smallest absolute Gasteiger partial charge is 0.327 e. The molecule has 0 radical (unpaired) electrons. The van der Waals surface area contributed by atoms with Gasteiger partial charge in [0.1, 0.15) is 12.6 Å². The Kier molecular flexibility index (Phi) is 2.34. The lowest BCUT2D eigenvalue weighted by atomic mass is 10.2. The van der Waals surface area contributed by atoms with Gasteiger partial charge in [0.15, 0.2) is 0 Å². The minimum absolute atomic E-state index is 0.00451. The standard InChI is InChI=1S/C9H13N3O3/c1-2-3-11-8(14)6-4-10-7(13)5-12(6)9(11)15/h6H,2-5H2,1H3,(H,10,13). The van der Waals surface area contributed by atoms with Gasteiger partial charge in [0.25, 0.3) is 5.91 Å². The number of carbonyl (C=O) groups is 3. The van der Waals surface area contributed by atoms with E-state index in [0.29, 0.717) is 6.54 Å². The third-order valence-corrected chi connectivity index (χ3v) is 2.66. The van der Waals surface area contributed by atoms with Crippen LogP contribution in [-0.2, 0) is 9.59 Å². The Hall–Kier alpha value is -1.59. The number of fused-ring (bicyclic) bond motifs is 1. The average Bonchev–Trinajstić information content (AvgIpc) is 2.44. The molecule has 2 heterocycles. The summed E-state index contributed by atoms with van der Waals surface area (Å²) in [5, 5.41) is 2.59. The van der Waals surface area contributed by atoms with Crippen molar-refractivity contribution in [3.05, 3.63) is 0 Å². The highest BCUT2D eigenvalue weighted by atomic mass is 16.2. The largest absolute Gasteiger partial charge is 0.352 e. The van der Waals surface area contributed by atoms with Crippen molar-refractivity contribution in [2.75, 3.05) is 19.6 Å². The van der Waals surface area contributed by atoms with E-state index >= 15 is 0 Å². The Labute approximate surface area is 87.2 Å². The minimum Gasteiger partial charge on any atom is -0.352 e. The maximum absolute atomic E-state index is 11.8. The highest BCUT2D eigenvalue weighted by Crippen LogP contribution is 2.19. The van der Waals surface area contributed by atoms with E-state index in [1.807, 2.05) is 6.92 Å². The number of amides is 4. The monoisotopic (exact) mass is 211 g/mol. The van der Waals surface area contributed by atoms with Crippen molar-refractivity contribution in [2.24, 2.45) is 0 Å². The molecule has 0 aliphatic carbocycles. The van der Waals surface area contributed by atoms with Crippen LogP contribution in [0, 0.1) is 0 Å². The molecule has 0 spiro atoms. The molecule has 0 aromatic heterocycles. The van der Waals surface area contributed by atoms with Gasteiger partial charge < -0.3 is 10.2 Å². The molecular formula is C9H13N3O3. The second kappa shape index (κ2) is 3.52. The summed E-state index contributed by atoms with van der Waals surface area (Å²) < 4.78 is 0. The van der Waals surface area contributed by atoms with Crippen LogP contribution in [0.15, 0.2) is 0 Å². The predicted octanol–water partition coefficient (Wildman–Crippen LogP) is -0.841. The van der Waals surface area contributed by atoms with E-state index in [0.717, 1.165) is 6.42 Å². The van der Waals surface area contributed by atoms with Gasteiger partial charge in [-0.15, -0.1) is 0 Å². The molecule has 0 aromatic carbocycles. The van der Waals surface area contributed by atoms with Crippen LogP contribution < -0.4 is 5.32 Å². The van der Waals surface area contributed by atoms with Gasteiger partial charge in [0, 0.05) is 13.1 Å². The average molecular weight is 211 g/mol. The number of carbonyl (C=O) groups excluding carboxylic acids is 3. The number of nitrogens with zero attached hydrogens (tertiary/aromatic N) is 2. The zero-order valence-electron chi connectivity index (χ0n) is 8.52. The molecule has 2 saturated heterocycles. The third-order valence-electron chi connectivity index (χ3n) is 2.66. The molecule has 4 amide bonds. The normalized spacial score (nSPS) is 25.7. The number of piperazine rings is 1. The number of hydrogen-bond acceptors (Lipinski definition) is 3. The summed E-state index contributed by atoms with van der Waals surface area (Å²) >= 11 is 0. The molecule has 2 rings (SSSR count). The summed E-state index contributed by atoms with van der Waals surface area (Å²) in [6.45, 7) is 2.57. The van der Waals surface area contributed by atoms with E-state index < -0.39 is 6.04 Å². The molecule has 2 aliphatic rings. The van der Waals surface area contributed by atoms with Gasteiger partial charge in [-0.1, -0.05) is 6.92 Å². The van der Waals surface area contributed by atoms with Crippen LogP contribution in [0.1, 0.15) is 13.3 Å². The second-order valence-corrected chi connectivity index (χ2v) is 3.72. The van der Waals surface area contributed by atoms with Gasteiger partial charge in [-0.3, -0.25) is 14.5 Å². The SMILES string of the molecule is CCCN1C(=O)C2CNC(=O)CN2C1=O. The first-order chi connectivity index (χ1) is 7.15. The number of nitrogens with one attached hydrogen (secondary N) is 1. The fraction of sp³-hybridized carbons (Fsp3) is 0.667. The lowest BCUT2D eigenvalue weighted by Gasteiger charge is -2.26. The Morgan fingerprint density at radius 1 is 1.40 bits per heavy atom. The van der Waals surface area contributed by atoms with E-state index in [1.165, 1.54) is 9.80 Å². The number of hydrogen-bond donors (Lipinski definition) is 1. The Morgan fingerprint density at radius 3 is 2.80 bits per heavy atom. The summed E-state index contributed by atoms with van der Waals surface area (Å²) in [4.78, 5) is 37.2. The zero-order chi connectivity index (χ0) is 11.0. The molecule has 0 saturated carbocycles. The van der Waals surface area contributed by atoms with E-state index in [9.17, 15) is 14.4 Å². The maximum Gasteiger partial charge on any atom is 0.327 e. The Morgan fingerprint density at radius 2 is 2.13 bits per heavy atom. The lowest BCUT2D eigenvalue weighted by molar-refractivity contribution is -0.130. The first-order valence-electron chi connectivity index (χ1n) is 5.03.